The summed E-state index contributed by atoms with van der Waals surface area (Å²) in [4.78, 5) is 107. The Labute approximate surface area is 471 Å². The number of imidazole rings is 3. The number of halogens is 1. The van der Waals surface area contributed by atoms with Gasteiger partial charge in [0, 0.05) is 12.1 Å². The van der Waals surface area contributed by atoms with E-state index in [-0.39, 0.29) is 63.7 Å². The molecule has 14 N–H and O–H groups in total. The number of rotatable bonds is 21. The maximum absolute atomic E-state index is 14.0. The zero-order valence-corrected chi connectivity index (χ0v) is 46.9. The second kappa shape index (κ2) is 23.1. The minimum absolute atomic E-state index is 0.0261. The third-order valence-electron chi connectivity index (χ3n) is 12.8. The van der Waals surface area contributed by atoms with Gasteiger partial charge in [-0.2, -0.15) is 15.0 Å². The first-order valence-corrected chi connectivity index (χ1v) is 30.9. The number of benzene rings is 1. The number of phosphoric ester groups is 2. The lowest BCUT2D eigenvalue weighted by molar-refractivity contribution is -0.745. The van der Waals surface area contributed by atoms with Crippen molar-refractivity contribution in [1.29, 1.82) is 0 Å². The van der Waals surface area contributed by atoms with Crippen LogP contribution in [0.15, 0.2) is 52.8 Å². The molecule has 3 fully saturated rings. The van der Waals surface area contributed by atoms with E-state index >= 15 is 0 Å². The molecule has 6 aromatic heterocycles. The number of H-pyrrole nitrogens is 2. The van der Waals surface area contributed by atoms with Gasteiger partial charge in [0.2, 0.25) is 23.6 Å². The standard InChI is InChI=1S/C38H47ClN16O23P4S/c1-69-26-25(76-82(68,83)72-8-16-22(57)23(58)33(73-16)53-11-45-19-29(53)48-37(42)50-31(19)60)17(75-35(26)54-10-44-18-27(40)46-36(41)47-28(18)54)9-71-80(64,65)78-81(66,67)77-79(62,63)70-7-15-21(56)24(59)34(74-15)55-12-52(6-13-2-4-14(39)5-3-13)20-30(55)49-38(43)51-32(20)61/h2-5,10-12,15-17,21-26,33-35,56-59H,6-9H2,1H3,(H13-,40,41,42,43,46,47,48,49,50,51,60,61,62,63,64,65,66,67,68,83)/p-3. The van der Waals surface area contributed by atoms with Gasteiger partial charge in [-0.15, -0.1) is 0 Å². The Morgan fingerprint density at radius 3 is 1.95 bits per heavy atom. The molecule has 0 amide bonds. The second-order valence-electron chi connectivity index (χ2n) is 18.2. The molecular weight excluding hydrogens is 1240 g/mol. The highest BCUT2D eigenvalue weighted by Gasteiger charge is 2.51. The highest BCUT2D eigenvalue weighted by atomic mass is 35.5. The lowest BCUT2D eigenvalue weighted by atomic mass is 10.1. The summed E-state index contributed by atoms with van der Waals surface area (Å²) in [5, 5.41) is 44.3. The molecule has 7 aromatic rings. The van der Waals surface area contributed by atoms with Crippen LogP contribution in [0.25, 0.3) is 33.5 Å². The monoisotopic (exact) mass is 1280 g/mol. The summed E-state index contributed by atoms with van der Waals surface area (Å²) < 4.78 is 95.3. The molecule has 9 heterocycles. The summed E-state index contributed by atoms with van der Waals surface area (Å²) in [6.45, 7) is -8.41. The molecule has 0 spiro atoms. The van der Waals surface area contributed by atoms with Crippen molar-refractivity contribution < 1.29 is 104 Å². The van der Waals surface area contributed by atoms with E-state index in [4.69, 9.17) is 78.9 Å². The number of aromatic amines is 2. The zero-order chi connectivity index (χ0) is 59.8. The van der Waals surface area contributed by atoms with Gasteiger partial charge in [-0.1, -0.05) is 40.5 Å². The number of anilines is 4. The average Bonchev–Trinajstić information content (AvgIpc) is 4.34. The van der Waals surface area contributed by atoms with Gasteiger partial charge in [0.25, 0.3) is 40.5 Å². The Balaban J connectivity index is 0.805. The number of nitrogens with zero attached hydrogens (tertiary/aromatic N) is 10. The largest absolute Gasteiger partial charge is 0.780 e. The number of ether oxygens (including phenoxy) is 4. The molecule has 83 heavy (non-hydrogen) atoms. The average molecular weight is 1280 g/mol. The molecule has 450 valence electrons. The molecule has 3 aliphatic heterocycles. The fraction of sp³-hybridized carbons (Fsp3) is 0.447. The number of phosphoric acid groups is 3. The first-order valence-electron chi connectivity index (χ1n) is 23.5. The molecule has 0 radical (unpaired) electrons. The minimum Gasteiger partial charge on any atom is -0.780 e. The number of aliphatic hydroxyl groups is 4. The third-order valence-corrected chi connectivity index (χ3v) is 18.7. The molecule has 3 saturated heterocycles. The molecule has 1 aromatic carbocycles. The first kappa shape index (κ1) is 60.7. The van der Waals surface area contributed by atoms with Crippen LogP contribution in [0.4, 0.5) is 23.7 Å². The van der Waals surface area contributed by atoms with Crippen LogP contribution in [0.2, 0.25) is 5.02 Å². The van der Waals surface area contributed by atoms with Crippen molar-refractivity contribution in [2.75, 3.05) is 49.9 Å². The van der Waals surface area contributed by atoms with Crippen LogP contribution in [0, 0.1) is 0 Å². The van der Waals surface area contributed by atoms with Crippen LogP contribution in [-0.4, -0.2) is 156 Å². The predicted octanol–water partition coefficient (Wildman–Crippen LogP) is -5.38. The molecule has 16 unspecified atom stereocenters. The molecule has 16 atom stereocenters. The van der Waals surface area contributed by atoms with E-state index in [2.05, 4.69) is 53.0 Å². The number of methoxy groups -OCH3 is 1. The SMILES string of the molecule is COC1C(OP([O-])(=S)OCC2OC(n3cnc4c(=O)[nH]c(N)nc43)C(O)C2O)C(COP(=O)([O-])OP(=O)([O-])OP(=O)([O-])OCC2OC([n+]3cn(Cc4ccc(Cl)cc4)c4c(=O)[nH]c(N)nc43)C(O)C2O)OC1n1cnc2c(N)nc(N)nc21. The molecule has 3 aliphatic rings. The van der Waals surface area contributed by atoms with Gasteiger partial charge in [-0.3, -0.25) is 47.0 Å². The van der Waals surface area contributed by atoms with Gasteiger partial charge < -0.3 is 100.0 Å². The molecule has 45 heteroatoms. The van der Waals surface area contributed by atoms with Crippen LogP contribution in [0.3, 0.4) is 0 Å². The van der Waals surface area contributed by atoms with Crippen LogP contribution in [0.5, 0.6) is 0 Å². The van der Waals surface area contributed by atoms with E-state index in [1.807, 2.05) is 0 Å². The predicted molar refractivity (Wildman–Crippen MR) is 271 cm³/mol. The number of nitrogen functional groups attached to an aromatic ring is 4. The number of nitrogens with one attached hydrogen (secondary N) is 2. The van der Waals surface area contributed by atoms with Crippen molar-refractivity contribution in [1.82, 2.24) is 53.6 Å². The lowest BCUT2D eigenvalue weighted by Gasteiger charge is -2.36. The maximum Gasteiger partial charge on any atom is 0.313 e. The van der Waals surface area contributed by atoms with E-state index in [1.54, 1.807) is 24.3 Å². The summed E-state index contributed by atoms with van der Waals surface area (Å²) in [6, 6.07) is 6.52. The van der Waals surface area contributed by atoms with Gasteiger partial charge in [-0.25, -0.2) is 23.2 Å². The van der Waals surface area contributed by atoms with Crippen LogP contribution >= 0.6 is 41.8 Å². The van der Waals surface area contributed by atoms with E-state index < -0.39 is 135 Å². The quantitative estimate of drug-likeness (QED) is 0.0237. The number of aromatic nitrogens is 12. The summed E-state index contributed by atoms with van der Waals surface area (Å²) in [5.41, 5.74) is 21.8. The van der Waals surface area contributed by atoms with Gasteiger partial charge in [0.05, 0.1) is 39.0 Å². The van der Waals surface area contributed by atoms with Crippen LogP contribution < -0.4 is 58.2 Å². The number of nitrogens with two attached hydrogens (primary N) is 4. The van der Waals surface area contributed by atoms with Gasteiger partial charge in [0.1, 0.15) is 67.2 Å². The maximum atomic E-state index is 14.0. The third kappa shape index (κ3) is 12.6. The highest BCUT2D eigenvalue weighted by Crippen LogP contribution is 2.63. The summed E-state index contributed by atoms with van der Waals surface area (Å²) in [7, 11) is -18.1. The fourth-order valence-electron chi connectivity index (χ4n) is 9.16. The minimum atomic E-state index is -6.61. The molecule has 0 saturated carbocycles. The van der Waals surface area contributed by atoms with Crippen molar-refractivity contribution in [3.63, 3.8) is 0 Å². The Hall–Kier alpha value is -5.42. The Bertz CT molecular complexity index is 3940. The molecule has 39 nitrogen and oxygen atoms in total. The molecule has 0 aliphatic carbocycles. The van der Waals surface area contributed by atoms with Gasteiger partial charge >= 0.3 is 5.65 Å². The lowest BCUT2D eigenvalue weighted by Crippen LogP contribution is -2.46. The topological polar surface area (TPSA) is 582 Å². The van der Waals surface area contributed by atoms with Crippen molar-refractivity contribution >= 4 is 111 Å². The number of hydrogen-bond donors (Lipinski definition) is 10. The highest BCUT2D eigenvalue weighted by molar-refractivity contribution is 8.06. The Morgan fingerprint density at radius 1 is 0.711 bits per heavy atom. The first-order chi connectivity index (χ1) is 39.0. The van der Waals surface area contributed by atoms with Crippen LogP contribution in [-0.2, 0) is 77.7 Å². The fourth-order valence-corrected chi connectivity index (χ4v) is 14.1. The second-order valence-corrected chi connectivity index (χ2v) is 25.9. The summed E-state index contributed by atoms with van der Waals surface area (Å²) in [6.07, 6.45) is -17.2. The smallest absolute Gasteiger partial charge is 0.313 e. The Morgan fingerprint density at radius 2 is 1.28 bits per heavy atom. The molecular formula is C38H44ClN16O23P4S-3. The van der Waals surface area contributed by atoms with Gasteiger partial charge in [0.15, 0.2) is 41.4 Å². The van der Waals surface area contributed by atoms with Crippen molar-refractivity contribution in [3.8, 4) is 0 Å². The zero-order valence-electron chi connectivity index (χ0n) is 41.7. The van der Waals surface area contributed by atoms with E-state index in [0.717, 1.165) is 33.5 Å². The Kier molecular flexibility index (Phi) is 16.9. The van der Waals surface area contributed by atoms with E-state index in [0.29, 0.717) is 10.6 Å². The number of hydrogen-bond acceptors (Lipinski definition) is 34. The molecule has 0 bridgehead atoms. The normalized spacial score (nSPS) is 28.7. The molecule has 10 rings (SSSR count). The van der Waals surface area contributed by atoms with Crippen molar-refractivity contribution in [3.05, 3.63) is 74.5 Å². The number of aliphatic hydroxyl groups excluding tert-OH is 4. The van der Waals surface area contributed by atoms with E-state index in [9.17, 15) is 63.3 Å². The number of fused-ring (bicyclic) bond motifs is 3. The van der Waals surface area contributed by atoms with Crippen molar-refractivity contribution in [2.45, 2.75) is 80.2 Å². The van der Waals surface area contributed by atoms with Crippen molar-refractivity contribution in [2.24, 2.45) is 0 Å². The summed E-state index contributed by atoms with van der Waals surface area (Å²) >= 11 is 11.2. The van der Waals surface area contributed by atoms with Gasteiger partial charge in [-0.05, 0) is 17.7 Å². The summed E-state index contributed by atoms with van der Waals surface area (Å²) in [5.74, 6) is -1.21. The van der Waals surface area contributed by atoms with E-state index in [1.165, 1.54) is 10.9 Å². The van der Waals surface area contributed by atoms with Crippen LogP contribution in [0.1, 0.15) is 24.2 Å².